The summed E-state index contributed by atoms with van der Waals surface area (Å²) in [5.41, 5.74) is 5.12. The van der Waals surface area contributed by atoms with Crippen LogP contribution in [0.1, 0.15) is 74.4 Å². The summed E-state index contributed by atoms with van der Waals surface area (Å²) in [7, 11) is 7.88. The van der Waals surface area contributed by atoms with Gasteiger partial charge in [-0.1, -0.05) is 26.3 Å². The number of aryl methyl sites for hydroxylation is 2. The molecule has 4 atom stereocenters. The molecule has 11 heteroatoms. The van der Waals surface area contributed by atoms with Crippen molar-refractivity contribution in [3.63, 3.8) is 0 Å². The molecule has 0 unspecified atom stereocenters. The minimum absolute atomic E-state index is 0.0984. The number of ether oxygens (including phenoxy) is 5. The van der Waals surface area contributed by atoms with Crippen LogP contribution in [0.5, 0.6) is 28.7 Å². The van der Waals surface area contributed by atoms with Gasteiger partial charge in [0.2, 0.25) is 23.0 Å². The highest BCUT2D eigenvalue weighted by molar-refractivity contribution is 5.86. The summed E-state index contributed by atoms with van der Waals surface area (Å²) in [6.07, 6.45) is 3.38. The highest BCUT2D eigenvalue weighted by Gasteiger charge is 2.33. The first-order chi connectivity index (χ1) is 23.6. The average Bonchev–Trinajstić information content (AvgIpc) is 3.33. The summed E-state index contributed by atoms with van der Waals surface area (Å²) in [4.78, 5) is 40.4. The molecule has 0 fully saturated rings. The van der Waals surface area contributed by atoms with Crippen molar-refractivity contribution >= 4 is 17.5 Å². The zero-order chi connectivity index (χ0) is 35.4. The number of hydrogen-bond acceptors (Lipinski definition) is 9. The highest BCUT2D eigenvalue weighted by atomic mass is 16.5. The lowest BCUT2D eigenvalue weighted by Crippen LogP contribution is -2.45. The summed E-state index contributed by atoms with van der Waals surface area (Å²) in [5.74, 6) is 2.18. The largest absolute Gasteiger partial charge is 0.493 e. The van der Waals surface area contributed by atoms with Crippen LogP contribution in [-0.4, -0.2) is 53.4 Å². The first-order valence-corrected chi connectivity index (χ1v) is 16.7. The molecule has 262 valence electrons. The molecule has 0 radical (unpaired) electrons. The first-order valence-electron chi connectivity index (χ1n) is 16.7. The van der Waals surface area contributed by atoms with Gasteiger partial charge in [-0.15, -0.1) is 0 Å². The van der Waals surface area contributed by atoms with E-state index >= 15 is 0 Å². The van der Waals surface area contributed by atoms with Gasteiger partial charge in [-0.3, -0.25) is 14.4 Å². The molecular formula is C38H47N3O8. The molecule has 3 N–H and O–H groups in total. The molecule has 0 bridgehead atoms. The molecule has 0 saturated heterocycles. The molecule has 49 heavy (non-hydrogen) atoms. The number of anilines is 1. The van der Waals surface area contributed by atoms with Gasteiger partial charge >= 0.3 is 0 Å². The number of amides is 2. The number of hydrogen-bond donors (Lipinski definition) is 3. The van der Waals surface area contributed by atoms with Crippen molar-refractivity contribution in [3.8, 4) is 39.9 Å². The molecule has 2 amide bonds. The molecule has 3 aromatic rings. The van der Waals surface area contributed by atoms with Crippen molar-refractivity contribution in [2.45, 2.75) is 71.0 Å². The van der Waals surface area contributed by atoms with Crippen LogP contribution < -0.4 is 45.1 Å². The Labute approximate surface area is 287 Å². The van der Waals surface area contributed by atoms with Crippen molar-refractivity contribution < 1.29 is 33.3 Å². The third-order valence-corrected chi connectivity index (χ3v) is 9.76. The Hall–Kier alpha value is -4.93. The normalized spacial score (nSPS) is 17.2. The lowest BCUT2D eigenvalue weighted by Gasteiger charge is -2.26. The van der Waals surface area contributed by atoms with Crippen molar-refractivity contribution in [2.75, 3.05) is 40.9 Å². The van der Waals surface area contributed by atoms with E-state index in [1.165, 1.54) is 6.92 Å². The van der Waals surface area contributed by atoms with E-state index in [1.807, 2.05) is 38.1 Å². The fraction of sp³-hybridized carbons (Fsp3) is 0.447. The Morgan fingerprint density at radius 2 is 1.39 bits per heavy atom. The topological polar surface area (TPSA) is 133 Å². The Morgan fingerprint density at radius 1 is 0.776 bits per heavy atom. The molecule has 11 nitrogen and oxygen atoms in total. The lowest BCUT2D eigenvalue weighted by molar-refractivity contribution is -0.123. The van der Waals surface area contributed by atoms with Crippen LogP contribution in [0.3, 0.4) is 0 Å². The van der Waals surface area contributed by atoms with E-state index < -0.39 is 12.1 Å². The summed E-state index contributed by atoms with van der Waals surface area (Å²) in [5, 5.41) is 9.59. The number of fused-ring (bicyclic) bond motifs is 4. The van der Waals surface area contributed by atoms with E-state index in [2.05, 4.69) is 16.0 Å². The van der Waals surface area contributed by atoms with E-state index in [-0.39, 0.29) is 34.9 Å². The summed E-state index contributed by atoms with van der Waals surface area (Å²) >= 11 is 0. The average molecular weight is 674 g/mol. The van der Waals surface area contributed by atoms with Crippen LogP contribution in [0.25, 0.3) is 11.1 Å². The molecule has 0 aliphatic heterocycles. The molecule has 2 aliphatic carbocycles. The van der Waals surface area contributed by atoms with E-state index in [1.54, 1.807) is 47.7 Å². The zero-order valence-electron chi connectivity index (χ0n) is 29.6. The van der Waals surface area contributed by atoms with Gasteiger partial charge in [0.15, 0.2) is 23.0 Å². The molecular weight excluding hydrogens is 626 g/mol. The maximum absolute atomic E-state index is 14.0. The van der Waals surface area contributed by atoms with Gasteiger partial charge in [-0.25, -0.2) is 0 Å². The minimum atomic E-state index is -0.693. The number of rotatable bonds is 12. The van der Waals surface area contributed by atoms with Crippen molar-refractivity contribution in [3.05, 3.63) is 68.9 Å². The number of carbonyl (C=O) groups excluding carboxylic acids is 2. The van der Waals surface area contributed by atoms with Gasteiger partial charge in [0.05, 0.1) is 53.3 Å². The van der Waals surface area contributed by atoms with Crippen molar-refractivity contribution in [2.24, 2.45) is 5.92 Å². The molecule has 0 heterocycles. The standard InChI is InChI=1S/C38H47N3O8/c1-9-20(2)35(38(44)41-27-13-10-22-16-31(45-4)32(46-5)19-25(22)27)40-29-15-12-24-26(18-30(29)43)28(39-21(3)42)14-11-23-17-33(47-6)36(48-7)37(49-8)34(23)24/h12,15-20,27-28,35H,9-11,13-14H2,1-8H3,(H,39,42)(H,40,43)(H,41,44)/t20-,27-,28+,35+/m1/s1. The van der Waals surface area contributed by atoms with Crippen LogP contribution in [0, 0.1) is 5.92 Å². The van der Waals surface area contributed by atoms with Gasteiger partial charge in [-0.05, 0) is 89.8 Å². The SMILES string of the molecule is CC[C@@H](C)[C@H](Nc1ccc2c(cc1=O)[C@@H](NC(C)=O)CCc1cc(OC)c(OC)c(OC)c1-2)C(=O)N[C@@H]1CCc2cc(OC)c(OC)cc21. The van der Waals surface area contributed by atoms with E-state index in [4.69, 9.17) is 23.7 Å². The van der Waals surface area contributed by atoms with Crippen LogP contribution in [-0.2, 0) is 22.4 Å². The maximum atomic E-state index is 14.0. The van der Waals surface area contributed by atoms with Gasteiger partial charge < -0.3 is 39.6 Å². The smallest absolute Gasteiger partial charge is 0.243 e. The predicted octanol–water partition coefficient (Wildman–Crippen LogP) is 5.51. The molecule has 3 aromatic carbocycles. The minimum Gasteiger partial charge on any atom is -0.493 e. The maximum Gasteiger partial charge on any atom is 0.243 e. The second-order valence-corrected chi connectivity index (χ2v) is 12.6. The van der Waals surface area contributed by atoms with Crippen molar-refractivity contribution in [1.82, 2.24) is 10.6 Å². The molecule has 0 aromatic heterocycles. The molecule has 2 aliphatic rings. The predicted molar refractivity (Wildman–Crippen MR) is 188 cm³/mol. The monoisotopic (exact) mass is 673 g/mol. The summed E-state index contributed by atoms with van der Waals surface area (Å²) < 4.78 is 28.2. The second-order valence-electron chi connectivity index (χ2n) is 12.6. The zero-order valence-corrected chi connectivity index (χ0v) is 29.6. The fourth-order valence-electron chi connectivity index (χ4n) is 7.04. The second kappa shape index (κ2) is 15.1. The van der Waals surface area contributed by atoms with Crippen LogP contribution in [0.2, 0.25) is 0 Å². The molecule has 5 rings (SSSR count). The molecule has 0 saturated carbocycles. The lowest BCUT2D eigenvalue weighted by atomic mass is 9.95. The highest BCUT2D eigenvalue weighted by Crippen LogP contribution is 2.50. The number of nitrogens with one attached hydrogen (secondary N) is 3. The number of methoxy groups -OCH3 is 5. The number of benzene rings is 2. The van der Waals surface area contributed by atoms with Crippen LogP contribution >= 0.6 is 0 Å². The van der Waals surface area contributed by atoms with Gasteiger partial charge in [-0.2, -0.15) is 0 Å². The van der Waals surface area contributed by atoms with Crippen LogP contribution in [0.4, 0.5) is 5.69 Å². The van der Waals surface area contributed by atoms with E-state index in [9.17, 15) is 14.4 Å². The Morgan fingerprint density at radius 3 is 2.00 bits per heavy atom. The summed E-state index contributed by atoms with van der Waals surface area (Å²) in [6.45, 7) is 5.47. The van der Waals surface area contributed by atoms with Gasteiger partial charge in [0.25, 0.3) is 0 Å². The van der Waals surface area contributed by atoms with E-state index in [0.717, 1.165) is 35.1 Å². The Balaban J connectivity index is 1.56. The quantitative estimate of drug-likeness (QED) is 0.228. The Kier molecular flexibility index (Phi) is 10.9. The van der Waals surface area contributed by atoms with Gasteiger partial charge in [0.1, 0.15) is 6.04 Å². The molecule has 0 spiro atoms. The summed E-state index contributed by atoms with van der Waals surface area (Å²) in [6, 6.07) is 9.59. The third-order valence-electron chi connectivity index (χ3n) is 9.76. The number of carbonyl (C=O) groups is 2. The van der Waals surface area contributed by atoms with E-state index in [0.29, 0.717) is 59.1 Å². The third kappa shape index (κ3) is 6.97. The Bertz CT molecular complexity index is 1790. The van der Waals surface area contributed by atoms with Crippen molar-refractivity contribution in [1.29, 1.82) is 0 Å². The van der Waals surface area contributed by atoms with Crippen LogP contribution in [0.15, 0.2) is 41.2 Å². The fourth-order valence-corrected chi connectivity index (χ4v) is 7.04. The first kappa shape index (κ1) is 35.4. The van der Waals surface area contributed by atoms with Gasteiger partial charge in [0, 0.05) is 12.5 Å².